The summed E-state index contributed by atoms with van der Waals surface area (Å²) in [5, 5.41) is 2.92. The number of aromatic nitrogens is 2. The number of carbonyl (C=O) groups excluding carboxylic acids is 1. The number of hydrogen-bond donors (Lipinski definition) is 1. The fourth-order valence-corrected chi connectivity index (χ4v) is 3.35. The number of amides is 1. The number of hydrogen-bond acceptors (Lipinski definition) is 4. The molecule has 0 atom stereocenters. The number of benzene rings is 3. The Morgan fingerprint density at radius 3 is 2.52 bits per heavy atom. The zero-order valence-corrected chi connectivity index (χ0v) is 17.5. The summed E-state index contributed by atoms with van der Waals surface area (Å²) in [5.41, 5.74) is 2.81. The molecule has 0 bridgehead atoms. The lowest BCUT2D eigenvalue weighted by molar-refractivity contribution is -0.121. The molecule has 0 aliphatic heterocycles. The van der Waals surface area contributed by atoms with Crippen molar-refractivity contribution in [1.29, 1.82) is 0 Å². The number of para-hydroxylation sites is 4. The molecule has 0 spiro atoms. The molecule has 3 aromatic carbocycles. The summed E-state index contributed by atoms with van der Waals surface area (Å²) < 4.78 is 13.5. The van der Waals surface area contributed by atoms with Gasteiger partial charge < -0.3 is 19.4 Å². The number of rotatable bonds is 9. The number of carbonyl (C=O) groups is 1. The fraction of sp³-hybridized carbons (Fsp3) is 0.200. The van der Waals surface area contributed by atoms with E-state index in [4.69, 9.17) is 9.47 Å². The first kappa shape index (κ1) is 20.5. The summed E-state index contributed by atoms with van der Waals surface area (Å²) in [5.74, 6) is 2.20. The predicted octanol–water partition coefficient (Wildman–Crippen LogP) is 4.12. The molecule has 0 aliphatic carbocycles. The van der Waals surface area contributed by atoms with Gasteiger partial charge in [0, 0.05) is 0 Å². The number of ether oxygens (including phenoxy) is 2. The van der Waals surface area contributed by atoms with Crippen LogP contribution in [0.3, 0.4) is 0 Å². The Bertz CT molecular complexity index is 1160. The van der Waals surface area contributed by atoms with E-state index in [0.717, 1.165) is 28.1 Å². The molecular weight excluding hydrogens is 390 g/mol. The fourth-order valence-electron chi connectivity index (χ4n) is 3.35. The van der Waals surface area contributed by atoms with Gasteiger partial charge in [-0.05, 0) is 42.8 Å². The maximum atomic E-state index is 12.6. The van der Waals surface area contributed by atoms with Crippen molar-refractivity contribution < 1.29 is 14.3 Å². The van der Waals surface area contributed by atoms with Gasteiger partial charge in [-0.15, -0.1) is 0 Å². The van der Waals surface area contributed by atoms with Crippen LogP contribution < -0.4 is 14.8 Å². The average molecular weight is 415 g/mol. The van der Waals surface area contributed by atoms with Crippen LogP contribution in [-0.4, -0.2) is 28.6 Å². The Morgan fingerprint density at radius 2 is 1.68 bits per heavy atom. The Kier molecular flexibility index (Phi) is 6.47. The highest BCUT2D eigenvalue weighted by Crippen LogP contribution is 2.18. The maximum absolute atomic E-state index is 12.6. The van der Waals surface area contributed by atoms with E-state index in [1.807, 2.05) is 90.4 Å². The predicted molar refractivity (Wildman–Crippen MR) is 120 cm³/mol. The SMILES string of the molecule is Cc1ccccc1OCCNC(=O)Cn1c(COc2ccccc2)nc2ccccc21. The molecule has 1 aromatic heterocycles. The molecular formula is C25H25N3O3. The van der Waals surface area contributed by atoms with Crippen LogP contribution in [0.4, 0.5) is 0 Å². The standard InChI is InChI=1S/C25H25N3O3/c1-19-9-5-8-14-23(19)30-16-15-26-25(29)17-28-22-13-7-6-12-21(22)27-24(28)18-31-20-10-3-2-4-11-20/h2-14H,15-18H2,1H3,(H,26,29). The van der Waals surface area contributed by atoms with Crippen molar-refractivity contribution >= 4 is 16.9 Å². The van der Waals surface area contributed by atoms with Crippen molar-refractivity contribution in [2.45, 2.75) is 20.1 Å². The van der Waals surface area contributed by atoms with E-state index in [0.29, 0.717) is 19.0 Å². The van der Waals surface area contributed by atoms with E-state index in [9.17, 15) is 4.79 Å². The molecule has 6 nitrogen and oxygen atoms in total. The number of nitrogens with zero attached hydrogens (tertiary/aromatic N) is 2. The molecule has 158 valence electrons. The van der Waals surface area contributed by atoms with Crippen molar-refractivity contribution in [2.24, 2.45) is 0 Å². The number of nitrogens with one attached hydrogen (secondary N) is 1. The summed E-state index contributed by atoms with van der Waals surface area (Å²) >= 11 is 0. The average Bonchev–Trinajstić information content (AvgIpc) is 3.14. The highest BCUT2D eigenvalue weighted by Gasteiger charge is 2.14. The summed E-state index contributed by atoms with van der Waals surface area (Å²) in [7, 11) is 0. The Labute approximate surface area is 181 Å². The van der Waals surface area contributed by atoms with Crippen molar-refractivity contribution in [2.75, 3.05) is 13.2 Å². The molecule has 1 amide bonds. The second-order valence-electron chi connectivity index (χ2n) is 7.17. The zero-order valence-electron chi connectivity index (χ0n) is 17.5. The molecule has 1 N–H and O–H groups in total. The van der Waals surface area contributed by atoms with Crippen LogP contribution in [0, 0.1) is 6.92 Å². The first-order valence-electron chi connectivity index (χ1n) is 10.3. The van der Waals surface area contributed by atoms with E-state index in [1.165, 1.54) is 0 Å². The lowest BCUT2D eigenvalue weighted by atomic mass is 10.2. The molecule has 6 heteroatoms. The third kappa shape index (κ3) is 5.22. The second-order valence-corrected chi connectivity index (χ2v) is 7.17. The minimum Gasteiger partial charge on any atom is -0.491 e. The van der Waals surface area contributed by atoms with E-state index in [1.54, 1.807) is 0 Å². The van der Waals surface area contributed by atoms with Gasteiger partial charge in [0.15, 0.2) is 0 Å². The minimum absolute atomic E-state index is 0.0995. The number of imidazole rings is 1. The van der Waals surface area contributed by atoms with E-state index < -0.39 is 0 Å². The number of fused-ring (bicyclic) bond motifs is 1. The van der Waals surface area contributed by atoms with Gasteiger partial charge >= 0.3 is 0 Å². The van der Waals surface area contributed by atoms with Crippen molar-refractivity contribution in [3.05, 3.63) is 90.3 Å². The Hall–Kier alpha value is -3.80. The van der Waals surface area contributed by atoms with E-state index in [2.05, 4.69) is 10.3 Å². The lowest BCUT2D eigenvalue weighted by Gasteiger charge is -2.12. The first-order valence-corrected chi connectivity index (χ1v) is 10.3. The highest BCUT2D eigenvalue weighted by atomic mass is 16.5. The highest BCUT2D eigenvalue weighted by molar-refractivity contribution is 5.81. The molecule has 0 saturated heterocycles. The summed E-state index contributed by atoms with van der Waals surface area (Å²) in [6, 6.07) is 25.2. The molecule has 0 saturated carbocycles. The lowest BCUT2D eigenvalue weighted by Crippen LogP contribution is -2.31. The van der Waals surface area contributed by atoms with Crippen LogP contribution in [-0.2, 0) is 17.9 Å². The first-order chi connectivity index (χ1) is 15.2. The smallest absolute Gasteiger partial charge is 0.240 e. The summed E-state index contributed by atoms with van der Waals surface area (Å²) in [6.45, 7) is 3.28. The van der Waals surface area contributed by atoms with Crippen LogP contribution in [0.1, 0.15) is 11.4 Å². The minimum atomic E-state index is -0.0995. The largest absolute Gasteiger partial charge is 0.491 e. The second kappa shape index (κ2) is 9.80. The Morgan fingerprint density at radius 1 is 0.935 bits per heavy atom. The quantitative estimate of drug-likeness (QED) is 0.418. The third-order valence-corrected chi connectivity index (χ3v) is 4.92. The van der Waals surface area contributed by atoms with E-state index in [-0.39, 0.29) is 19.1 Å². The van der Waals surface area contributed by atoms with Crippen molar-refractivity contribution in [3.63, 3.8) is 0 Å². The van der Waals surface area contributed by atoms with Crippen LogP contribution in [0.25, 0.3) is 11.0 Å². The molecule has 4 rings (SSSR count). The molecule has 0 unspecified atom stereocenters. The van der Waals surface area contributed by atoms with Crippen LogP contribution in [0.15, 0.2) is 78.9 Å². The van der Waals surface area contributed by atoms with Crippen molar-refractivity contribution in [1.82, 2.24) is 14.9 Å². The zero-order chi connectivity index (χ0) is 21.5. The molecule has 1 heterocycles. The van der Waals surface area contributed by atoms with Gasteiger partial charge in [0.25, 0.3) is 0 Å². The molecule has 0 radical (unpaired) electrons. The van der Waals surface area contributed by atoms with Gasteiger partial charge in [-0.1, -0.05) is 48.5 Å². The van der Waals surface area contributed by atoms with Gasteiger partial charge in [0.2, 0.25) is 5.91 Å². The molecule has 31 heavy (non-hydrogen) atoms. The summed E-state index contributed by atoms with van der Waals surface area (Å²) in [4.78, 5) is 17.3. The van der Waals surface area contributed by atoms with Gasteiger partial charge in [-0.3, -0.25) is 4.79 Å². The van der Waals surface area contributed by atoms with Gasteiger partial charge in [-0.25, -0.2) is 4.98 Å². The molecule has 0 aliphatic rings. The summed E-state index contributed by atoms with van der Waals surface area (Å²) in [6.07, 6.45) is 0. The van der Waals surface area contributed by atoms with Crippen LogP contribution in [0.2, 0.25) is 0 Å². The third-order valence-electron chi connectivity index (χ3n) is 4.92. The normalized spacial score (nSPS) is 10.7. The van der Waals surface area contributed by atoms with Gasteiger partial charge in [-0.2, -0.15) is 0 Å². The molecule has 4 aromatic rings. The maximum Gasteiger partial charge on any atom is 0.240 e. The van der Waals surface area contributed by atoms with Gasteiger partial charge in [0.1, 0.15) is 37.1 Å². The topological polar surface area (TPSA) is 65.4 Å². The van der Waals surface area contributed by atoms with Crippen LogP contribution >= 0.6 is 0 Å². The Balaban J connectivity index is 1.38. The van der Waals surface area contributed by atoms with Crippen molar-refractivity contribution in [3.8, 4) is 11.5 Å². The van der Waals surface area contributed by atoms with Gasteiger partial charge in [0.05, 0.1) is 17.6 Å². The monoisotopic (exact) mass is 415 g/mol. The van der Waals surface area contributed by atoms with E-state index >= 15 is 0 Å². The molecule has 0 fully saturated rings. The number of aryl methyl sites for hydroxylation is 1. The van der Waals surface area contributed by atoms with Crippen LogP contribution in [0.5, 0.6) is 11.5 Å².